The molecule has 2 nitrogen and oxygen atoms in total. The fourth-order valence-electron chi connectivity index (χ4n) is 9.40. The molecule has 0 saturated heterocycles. The first-order chi connectivity index (χ1) is 27.4. The van der Waals surface area contributed by atoms with Crippen molar-refractivity contribution in [3.63, 3.8) is 0 Å². The number of allylic oxidation sites excluding steroid dienone is 5. The molecule has 2 heteroatoms. The molecule has 56 heavy (non-hydrogen) atoms. The average Bonchev–Trinajstić information content (AvgIpc) is 3.68. The molecule has 0 radical (unpaired) electrons. The Labute approximate surface area is 329 Å². The van der Waals surface area contributed by atoms with E-state index in [0.717, 1.165) is 46.7 Å². The van der Waals surface area contributed by atoms with Crippen molar-refractivity contribution >= 4 is 67.4 Å². The number of hydrogen-bond acceptors (Lipinski definition) is 1. The molecule has 2 aliphatic rings. The molecule has 0 amide bonds. The summed E-state index contributed by atoms with van der Waals surface area (Å²) in [6.45, 7) is 10.9. The minimum absolute atomic E-state index is 0.108. The predicted octanol–water partition coefficient (Wildman–Crippen LogP) is 15.1. The maximum atomic E-state index is 4.11. The second-order valence-corrected chi connectivity index (χ2v) is 15.7. The molecule has 0 spiro atoms. The highest BCUT2D eigenvalue weighted by molar-refractivity contribution is 6.16. The third-order valence-corrected chi connectivity index (χ3v) is 12.0. The van der Waals surface area contributed by atoms with E-state index in [1.807, 2.05) is 6.08 Å². The van der Waals surface area contributed by atoms with Crippen LogP contribution in [0, 0.1) is 0 Å². The average molecular weight is 721 g/mol. The van der Waals surface area contributed by atoms with Gasteiger partial charge in [0.1, 0.15) is 0 Å². The normalized spacial score (nSPS) is 14.4. The summed E-state index contributed by atoms with van der Waals surface area (Å²) >= 11 is 0. The first-order valence-corrected chi connectivity index (χ1v) is 19.8. The molecule has 0 aliphatic heterocycles. The summed E-state index contributed by atoms with van der Waals surface area (Å²) < 4.78 is 2.45. The minimum Gasteiger partial charge on any atom is -0.310 e. The van der Waals surface area contributed by atoms with Crippen LogP contribution >= 0.6 is 0 Å². The van der Waals surface area contributed by atoms with Gasteiger partial charge in [0.2, 0.25) is 0 Å². The third kappa shape index (κ3) is 5.32. The van der Waals surface area contributed by atoms with Gasteiger partial charge in [-0.2, -0.15) is 0 Å². The summed E-state index contributed by atoms with van der Waals surface area (Å²) in [4.78, 5) is 2.40. The summed E-state index contributed by atoms with van der Waals surface area (Å²) in [7, 11) is 0. The Morgan fingerprint density at radius 2 is 1.39 bits per heavy atom. The minimum atomic E-state index is -0.108. The van der Waals surface area contributed by atoms with E-state index in [-0.39, 0.29) is 5.41 Å². The summed E-state index contributed by atoms with van der Waals surface area (Å²) in [5.41, 5.74) is 17.1. The van der Waals surface area contributed by atoms with Crippen LogP contribution in [0.25, 0.3) is 67.1 Å². The zero-order chi connectivity index (χ0) is 38.0. The number of nitrogens with zero attached hydrogens (tertiary/aromatic N) is 2. The van der Waals surface area contributed by atoms with Gasteiger partial charge in [-0.25, -0.2) is 0 Å². The second kappa shape index (κ2) is 13.3. The van der Waals surface area contributed by atoms with Gasteiger partial charge in [0.15, 0.2) is 0 Å². The van der Waals surface area contributed by atoms with Crippen molar-refractivity contribution in [1.29, 1.82) is 0 Å². The van der Waals surface area contributed by atoms with E-state index < -0.39 is 0 Å². The van der Waals surface area contributed by atoms with Gasteiger partial charge in [0.05, 0.1) is 11.0 Å². The van der Waals surface area contributed by atoms with E-state index in [1.165, 1.54) is 66.0 Å². The second-order valence-electron chi connectivity index (χ2n) is 15.7. The number of fused-ring (bicyclic) bond motifs is 8. The maximum Gasteiger partial charge on any atom is 0.0547 e. The zero-order valence-electron chi connectivity index (χ0n) is 32.3. The number of aromatic nitrogens is 1. The van der Waals surface area contributed by atoms with Crippen LogP contribution in [0.5, 0.6) is 0 Å². The zero-order valence-corrected chi connectivity index (χ0v) is 32.3. The van der Waals surface area contributed by atoms with Crippen LogP contribution in [0.15, 0.2) is 170 Å². The van der Waals surface area contributed by atoms with E-state index in [1.54, 1.807) is 0 Å². The molecular weight excluding hydrogens is 677 g/mol. The fraction of sp³-hybridized carbons (Fsp3) is 0.111. The van der Waals surface area contributed by atoms with Gasteiger partial charge in [-0.05, 0) is 142 Å². The van der Waals surface area contributed by atoms with Gasteiger partial charge in [0.25, 0.3) is 0 Å². The van der Waals surface area contributed by atoms with E-state index >= 15 is 0 Å². The fourth-order valence-corrected chi connectivity index (χ4v) is 9.40. The summed E-state index contributed by atoms with van der Waals surface area (Å²) in [6.07, 6.45) is 15.3. The van der Waals surface area contributed by atoms with Crippen molar-refractivity contribution in [2.45, 2.75) is 39.0 Å². The lowest BCUT2D eigenvalue weighted by molar-refractivity contribution is 0.666. The SMILES string of the molecule is C=Cc1ccc(N(c2ccc(C3=CCCC=C3)cc2)c2ccc3c(c2)c2cc4ccc5c(c4cc2n3-c2ccccc2)C(C)(C)c2ccccc2-5)cc1/C=C\C. The van der Waals surface area contributed by atoms with Crippen molar-refractivity contribution in [3.05, 3.63) is 198 Å². The van der Waals surface area contributed by atoms with E-state index in [0.29, 0.717) is 0 Å². The maximum absolute atomic E-state index is 4.11. The van der Waals surface area contributed by atoms with Crippen molar-refractivity contribution in [3.8, 4) is 16.8 Å². The summed E-state index contributed by atoms with van der Waals surface area (Å²) in [6, 6.07) is 52.1. The van der Waals surface area contributed by atoms with Gasteiger partial charge in [-0.15, -0.1) is 0 Å². The molecule has 0 saturated carbocycles. The lowest BCUT2D eigenvalue weighted by atomic mass is 9.80. The largest absolute Gasteiger partial charge is 0.310 e. The molecule has 2 aliphatic carbocycles. The molecule has 0 N–H and O–H groups in total. The first kappa shape index (κ1) is 33.9. The van der Waals surface area contributed by atoms with E-state index in [4.69, 9.17) is 0 Å². The van der Waals surface area contributed by atoms with Crippen molar-refractivity contribution < 1.29 is 0 Å². The van der Waals surface area contributed by atoms with Gasteiger partial charge < -0.3 is 9.47 Å². The Morgan fingerprint density at radius 3 is 2.18 bits per heavy atom. The standard InChI is InChI=1S/C54H44N2/c1-5-15-39-32-43(28-22-36(39)6-2)55(42-26-23-38(24-27-42)37-16-9-7-10-17-37)44-29-31-51-49(34-44)48-33-40-25-30-46-45-20-13-14-21-50(45)54(3,4)53(46)47(40)35-52(48)56(51)41-18-11-8-12-19-41/h5-6,8-9,11-35H,2,7,10H2,1,3-4H3/b15-5-. The monoisotopic (exact) mass is 720 g/mol. The number of benzene rings is 7. The quantitative estimate of drug-likeness (QED) is 0.159. The Hall–Kier alpha value is -6.64. The van der Waals surface area contributed by atoms with E-state index in [9.17, 15) is 0 Å². The van der Waals surface area contributed by atoms with Crippen molar-refractivity contribution in [2.24, 2.45) is 0 Å². The smallest absolute Gasteiger partial charge is 0.0547 e. The number of hydrogen-bond donors (Lipinski definition) is 0. The Morgan fingerprint density at radius 1 is 0.643 bits per heavy atom. The Kier molecular flexibility index (Phi) is 8.04. The molecule has 10 rings (SSSR count). The Balaban J connectivity index is 1.22. The van der Waals surface area contributed by atoms with Crippen LogP contribution < -0.4 is 4.90 Å². The van der Waals surface area contributed by atoms with Crippen LogP contribution in [0.2, 0.25) is 0 Å². The van der Waals surface area contributed by atoms with Crippen LogP contribution in [0.3, 0.4) is 0 Å². The molecule has 1 aromatic heterocycles. The number of anilines is 3. The number of rotatable bonds is 7. The highest BCUT2D eigenvalue weighted by Gasteiger charge is 2.36. The lowest BCUT2D eigenvalue weighted by Gasteiger charge is -2.27. The van der Waals surface area contributed by atoms with Crippen molar-refractivity contribution in [2.75, 3.05) is 4.90 Å². The highest BCUT2D eigenvalue weighted by Crippen LogP contribution is 2.52. The van der Waals surface area contributed by atoms with Crippen molar-refractivity contribution in [1.82, 2.24) is 4.57 Å². The number of para-hydroxylation sites is 1. The molecule has 1 heterocycles. The highest BCUT2D eigenvalue weighted by atomic mass is 15.1. The molecule has 8 aromatic rings. The van der Waals surface area contributed by atoms with Crippen LogP contribution in [-0.2, 0) is 5.41 Å². The third-order valence-electron chi connectivity index (χ3n) is 12.0. The van der Waals surface area contributed by atoms with Crippen LogP contribution in [0.1, 0.15) is 61.4 Å². The lowest BCUT2D eigenvalue weighted by Crippen LogP contribution is -2.15. The molecule has 7 aromatic carbocycles. The molecule has 270 valence electrons. The molecule has 0 unspecified atom stereocenters. The van der Waals surface area contributed by atoms with Gasteiger partial charge in [0, 0.05) is 38.9 Å². The summed E-state index contributed by atoms with van der Waals surface area (Å²) in [5.74, 6) is 0. The van der Waals surface area contributed by atoms with Crippen LogP contribution in [-0.4, -0.2) is 4.57 Å². The van der Waals surface area contributed by atoms with E-state index in [2.05, 4.69) is 207 Å². The molecule has 0 bridgehead atoms. The van der Waals surface area contributed by atoms with Gasteiger partial charge in [-0.1, -0.05) is 130 Å². The topological polar surface area (TPSA) is 8.17 Å². The molecule has 0 fully saturated rings. The Bertz CT molecular complexity index is 2950. The van der Waals surface area contributed by atoms with Gasteiger partial charge in [-0.3, -0.25) is 0 Å². The summed E-state index contributed by atoms with van der Waals surface area (Å²) in [5, 5.41) is 5.06. The predicted molar refractivity (Wildman–Crippen MR) is 242 cm³/mol. The molecular formula is C54H44N2. The van der Waals surface area contributed by atoms with Crippen LogP contribution in [0.4, 0.5) is 17.1 Å². The first-order valence-electron chi connectivity index (χ1n) is 19.8. The molecule has 0 atom stereocenters. The van der Waals surface area contributed by atoms with Gasteiger partial charge >= 0.3 is 0 Å².